The minimum Gasteiger partial charge on any atom is -0.443 e. The van der Waals surface area contributed by atoms with Gasteiger partial charge in [0.15, 0.2) is 0 Å². The highest BCUT2D eigenvalue weighted by atomic mass is 16.3. The molecule has 2 aromatic rings. The lowest BCUT2D eigenvalue weighted by Crippen LogP contribution is -2.05. The molecule has 0 aliphatic heterocycles. The Hall–Kier alpha value is -1.42. The van der Waals surface area contributed by atoms with E-state index < -0.39 is 0 Å². The average Bonchev–Trinajstić information content (AvgIpc) is 2.58. The van der Waals surface area contributed by atoms with E-state index in [1.54, 1.807) is 6.20 Å². The third-order valence-electron chi connectivity index (χ3n) is 2.35. The third-order valence-corrected chi connectivity index (χ3v) is 2.35. The van der Waals surface area contributed by atoms with Gasteiger partial charge in [0.1, 0.15) is 11.6 Å². The highest BCUT2D eigenvalue weighted by Gasteiger charge is 2.08. The van der Waals surface area contributed by atoms with Gasteiger partial charge in [-0.15, -0.1) is 0 Å². The number of nitrogens with two attached hydrogens (primary N) is 1. The molecule has 0 bridgehead atoms. The average molecular weight is 219 g/mol. The second-order valence-electron chi connectivity index (χ2n) is 4.40. The van der Waals surface area contributed by atoms with E-state index in [2.05, 4.69) is 23.8 Å². The van der Waals surface area contributed by atoms with E-state index in [1.807, 2.05) is 6.07 Å². The van der Waals surface area contributed by atoms with Gasteiger partial charge in [-0.25, -0.2) is 4.98 Å². The Morgan fingerprint density at radius 3 is 2.94 bits per heavy atom. The monoisotopic (exact) mass is 219 g/mol. The molecule has 4 heteroatoms. The molecule has 86 valence electrons. The van der Waals surface area contributed by atoms with Crippen molar-refractivity contribution in [3.05, 3.63) is 23.8 Å². The minimum absolute atomic E-state index is 0.561. The molecule has 2 aromatic heterocycles. The number of fused-ring (bicyclic) bond motifs is 1. The molecule has 0 atom stereocenters. The van der Waals surface area contributed by atoms with Gasteiger partial charge in [0.25, 0.3) is 0 Å². The predicted molar refractivity (Wildman–Crippen MR) is 63.1 cm³/mol. The van der Waals surface area contributed by atoms with Crippen molar-refractivity contribution in [2.45, 2.75) is 26.7 Å². The van der Waals surface area contributed by atoms with E-state index >= 15 is 0 Å². The van der Waals surface area contributed by atoms with Crippen LogP contribution in [0.5, 0.6) is 0 Å². The maximum atomic E-state index is 5.67. The van der Waals surface area contributed by atoms with Crippen LogP contribution in [0.15, 0.2) is 16.7 Å². The molecule has 2 rings (SSSR count). The summed E-state index contributed by atoms with van der Waals surface area (Å²) in [5, 5.41) is 0.969. The summed E-state index contributed by atoms with van der Waals surface area (Å²) in [7, 11) is 0. The van der Waals surface area contributed by atoms with Crippen LogP contribution in [0, 0.1) is 5.92 Å². The summed E-state index contributed by atoms with van der Waals surface area (Å²) in [5.41, 5.74) is 6.14. The van der Waals surface area contributed by atoms with Crippen molar-refractivity contribution in [1.29, 1.82) is 0 Å². The van der Waals surface area contributed by atoms with Crippen molar-refractivity contribution < 1.29 is 4.42 Å². The Bertz CT molecular complexity index is 476. The molecule has 0 aromatic carbocycles. The number of rotatable bonds is 4. The van der Waals surface area contributed by atoms with E-state index in [4.69, 9.17) is 10.2 Å². The van der Waals surface area contributed by atoms with E-state index in [1.165, 1.54) is 0 Å². The van der Waals surface area contributed by atoms with E-state index in [9.17, 15) is 0 Å². The van der Waals surface area contributed by atoms with Gasteiger partial charge in [-0.05, 0) is 18.5 Å². The van der Waals surface area contributed by atoms with Crippen LogP contribution in [0.1, 0.15) is 25.4 Å². The minimum atomic E-state index is 0.561. The maximum Gasteiger partial charge on any atom is 0.229 e. The molecule has 0 aliphatic carbocycles. The largest absolute Gasteiger partial charge is 0.443 e. The van der Waals surface area contributed by atoms with Gasteiger partial charge < -0.3 is 10.2 Å². The quantitative estimate of drug-likeness (QED) is 0.853. The van der Waals surface area contributed by atoms with Crippen molar-refractivity contribution in [2.75, 3.05) is 6.54 Å². The Kier molecular flexibility index (Phi) is 3.19. The first-order valence-electron chi connectivity index (χ1n) is 5.63. The van der Waals surface area contributed by atoms with Gasteiger partial charge >= 0.3 is 0 Å². The third kappa shape index (κ3) is 2.39. The molecular weight excluding hydrogens is 202 g/mol. The fraction of sp³-hybridized carbons (Fsp3) is 0.500. The first-order valence-corrected chi connectivity index (χ1v) is 5.63. The van der Waals surface area contributed by atoms with Crippen molar-refractivity contribution in [3.8, 4) is 0 Å². The smallest absolute Gasteiger partial charge is 0.229 e. The fourth-order valence-electron chi connectivity index (χ4n) is 1.67. The number of furan rings is 1. The second kappa shape index (κ2) is 4.61. The lowest BCUT2D eigenvalue weighted by Gasteiger charge is -1.98. The molecule has 0 aliphatic rings. The van der Waals surface area contributed by atoms with Gasteiger partial charge in [0.2, 0.25) is 5.71 Å². The van der Waals surface area contributed by atoms with Crippen LogP contribution in [-0.4, -0.2) is 16.5 Å². The lowest BCUT2D eigenvalue weighted by atomic mass is 10.1. The molecule has 2 heterocycles. The molecule has 16 heavy (non-hydrogen) atoms. The van der Waals surface area contributed by atoms with Gasteiger partial charge in [0.05, 0.1) is 5.39 Å². The summed E-state index contributed by atoms with van der Waals surface area (Å²) in [5.74, 6) is 2.31. The summed E-state index contributed by atoms with van der Waals surface area (Å²) in [6.45, 7) is 4.89. The highest BCUT2D eigenvalue weighted by molar-refractivity contribution is 5.72. The van der Waals surface area contributed by atoms with Crippen molar-refractivity contribution >= 4 is 11.1 Å². The van der Waals surface area contributed by atoms with Crippen LogP contribution in [0.2, 0.25) is 0 Å². The van der Waals surface area contributed by atoms with Gasteiger partial charge in [0, 0.05) is 19.0 Å². The number of nitrogens with zero attached hydrogens (tertiary/aromatic N) is 2. The lowest BCUT2D eigenvalue weighted by molar-refractivity contribution is 0.493. The number of hydrogen-bond acceptors (Lipinski definition) is 4. The molecular formula is C12H17N3O. The zero-order valence-electron chi connectivity index (χ0n) is 9.73. The second-order valence-corrected chi connectivity index (χ2v) is 4.40. The number of hydrogen-bond donors (Lipinski definition) is 1. The van der Waals surface area contributed by atoms with Crippen molar-refractivity contribution in [2.24, 2.45) is 11.7 Å². The Balaban J connectivity index is 2.30. The van der Waals surface area contributed by atoms with E-state index in [-0.39, 0.29) is 0 Å². The normalized spacial score (nSPS) is 11.5. The Morgan fingerprint density at radius 2 is 2.25 bits per heavy atom. The zero-order valence-corrected chi connectivity index (χ0v) is 9.73. The zero-order chi connectivity index (χ0) is 11.5. The van der Waals surface area contributed by atoms with Crippen LogP contribution in [0.25, 0.3) is 11.1 Å². The molecule has 0 saturated carbocycles. The van der Waals surface area contributed by atoms with E-state index in [0.717, 1.165) is 23.4 Å². The van der Waals surface area contributed by atoms with Crippen LogP contribution in [-0.2, 0) is 12.8 Å². The summed E-state index contributed by atoms with van der Waals surface area (Å²) >= 11 is 0. The van der Waals surface area contributed by atoms with Crippen LogP contribution in [0.3, 0.4) is 0 Å². The number of aromatic nitrogens is 2. The van der Waals surface area contributed by atoms with Crippen molar-refractivity contribution in [1.82, 2.24) is 9.97 Å². The maximum absolute atomic E-state index is 5.67. The topological polar surface area (TPSA) is 64.9 Å². The molecule has 0 amide bonds. The first kappa shape index (κ1) is 11.1. The molecule has 4 nitrogen and oxygen atoms in total. The molecule has 0 radical (unpaired) electrons. The molecule has 0 saturated heterocycles. The summed E-state index contributed by atoms with van der Waals surface area (Å²) in [6, 6.07) is 2.02. The molecule has 2 N–H and O–H groups in total. The van der Waals surface area contributed by atoms with Crippen LogP contribution in [0.4, 0.5) is 0 Å². The molecule has 0 spiro atoms. The molecule has 0 fully saturated rings. The Morgan fingerprint density at radius 1 is 1.44 bits per heavy atom. The van der Waals surface area contributed by atoms with Crippen LogP contribution < -0.4 is 5.73 Å². The van der Waals surface area contributed by atoms with E-state index in [0.29, 0.717) is 24.6 Å². The van der Waals surface area contributed by atoms with Gasteiger partial charge in [-0.2, -0.15) is 4.98 Å². The van der Waals surface area contributed by atoms with Crippen molar-refractivity contribution in [3.63, 3.8) is 0 Å². The SMILES string of the molecule is CC(C)Cc1cc2cnc(CCN)nc2o1. The van der Waals surface area contributed by atoms with Gasteiger partial charge in [-0.3, -0.25) is 0 Å². The van der Waals surface area contributed by atoms with Gasteiger partial charge in [-0.1, -0.05) is 13.8 Å². The summed E-state index contributed by atoms with van der Waals surface area (Å²) in [6.07, 6.45) is 3.43. The summed E-state index contributed by atoms with van der Waals surface area (Å²) < 4.78 is 5.67. The highest BCUT2D eigenvalue weighted by Crippen LogP contribution is 2.19. The fourth-order valence-corrected chi connectivity index (χ4v) is 1.67. The molecule has 0 unspecified atom stereocenters. The standard InChI is InChI=1S/C12H17N3O/c1-8(2)5-10-6-9-7-14-11(3-4-13)15-12(9)16-10/h6-8H,3-5,13H2,1-2H3. The summed E-state index contributed by atoms with van der Waals surface area (Å²) in [4.78, 5) is 8.57. The predicted octanol–water partition coefficient (Wildman–Crippen LogP) is 1.92. The van der Waals surface area contributed by atoms with Crippen LogP contribution >= 0.6 is 0 Å². The Labute approximate surface area is 94.9 Å². The first-order chi connectivity index (χ1) is 7.69.